The van der Waals surface area contributed by atoms with E-state index in [1.807, 2.05) is 18.2 Å². The van der Waals surface area contributed by atoms with Crippen molar-refractivity contribution in [3.63, 3.8) is 0 Å². The molecule has 1 unspecified atom stereocenters. The fraction of sp³-hybridized carbons (Fsp3) is 0.333. The zero-order valence-corrected chi connectivity index (χ0v) is 18.0. The van der Waals surface area contributed by atoms with E-state index in [0.29, 0.717) is 29.1 Å². The van der Waals surface area contributed by atoms with E-state index in [9.17, 15) is 0 Å². The van der Waals surface area contributed by atoms with Crippen LogP contribution in [-0.4, -0.2) is 40.8 Å². The molecule has 0 aliphatic heterocycles. The topological polar surface area (TPSA) is 165 Å². The molecule has 32 heavy (non-hydrogen) atoms. The molecule has 0 spiro atoms. The Morgan fingerprint density at radius 1 is 1.12 bits per heavy atom. The van der Waals surface area contributed by atoms with Crippen molar-refractivity contribution in [2.75, 3.05) is 0 Å². The van der Waals surface area contributed by atoms with Gasteiger partial charge in [-0.25, -0.2) is 4.98 Å². The lowest BCUT2D eigenvalue weighted by atomic mass is 10.1. The van der Waals surface area contributed by atoms with Gasteiger partial charge in [-0.2, -0.15) is 20.5 Å². The number of nitrogens with two attached hydrogens (primary N) is 2. The van der Waals surface area contributed by atoms with Crippen LogP contribution in [0, 0.1) is 5.92 Å². The lowest BCUT2D eigenvalue weighted by molar-refractivity contribution is 0.128. The summed E-state index contributed by atoms with van der Waals surface area (Å²) >= 11 is 0. The first-order chi connectivity index (χ1) is 15.4. The lowest BCUT2D eigenvalue weighted by Crippen LogP contribution is -2.25. The van der Waals surface area contributed by atoms with Gasteiger partial charge in [0.2, 0.25) is 0 Å². The van der Waals surface area contributed by atoms with Gasteiger partial charge in [0.25, 0.3) is 0 Å². The summed E-state index contributed by atoms with van der Waals surface area (Å²) in [7, 11) is 0. The van der Waals surface area contributed by atoms with Crippen LogP contribution in [0.25, 0.3) is 22.1 Å². The second kappa shape index (κ2) is 8.91. The Hall–Kier alpha value is -3.54. The molecule has 11 nitrogen and oxygen atoms in total. The minimum absolute atomic E-state index is 0.0170. The average Bonchev–Trinajstić information content (AvgIpc) is 3.35. The van der Waals surface area contributed by atoms with Crippen molar-refractivity contribution in [2.45, 2.75) is 39.5 Å². The largest absolute Gasteiger partial charge is 0.409 e. The molecule has 4 aromatic rings. The Kier molecular flexibility index (Phi) is 6.04. The van der Waals surface area contributed by atoms with Crippen molar-refractivity contribution in [2.24, 2.45) is 22.5 Å². The van der Waals surface area contributed by atoms with Gasteiger partial charge in [0.15, 0.2) is 5.84 Å². The van der Waals surface area contributed by atoms with Gasteiger partial charge < -0.3 is 26.4 Å². The predicted molar refractivity (Wildman–Crippen MR) is 120 cm³/mol. The van der Waals surface area contributed by atoms with Crippen LogP contribution >= 0.6 is 0 Å². The number of hydrogen-bond donors (Lipinski definition) is 5. The van der Waals surface area contributed by atoms with Crippen LogP contribution in [0.3, 0.4) is 0 Å². The van der Waals surface area contributed by atoms with Crippen molar-refractivity contribution in [1.82, 2.24) is 30.0 Å². The van der Waals surface area contributed by atoms with Crippen LogP contribution in [0.4, 0.5) is 0 Å². The van der Waals surface area contributed by atoms with E-state index in [4.69, 9.17) is 26.9 Å². The zero-order valence-electron chi connectivity index (χ0n) is 18.0. The van der Waals surface area contributed by atoms with Crippen molar-refractivity contribution in [1.29, 1.82) is 0 Å². The highest BCUT2D eigenvalue weighted by Crippen LogP contribution is 2.22. The molecule has 168 valence electrons. The molecule has 0 amide bonds. The minimum Gasteiger partial charge on any atom is -0.409 e. The second-order valence-corrected chi connectivity index (χ2v) is 8.14. The van der Waals surface area contributed by atoms with Crippen molar-refractivity contribution in [3.8, 4) is 0 Å². The third-order valence-electron chi connectivity index (χ3n) is 5.39. The summed E-state index contributed by atoms with van der Waals surface area (Å²) in [6.45, 7) is 5.55. The zero-order chi connectivity index (χ0) is 22.8. The smallest absolute Gasteiger partial charge is 0.170 e. The van der Waals surface area contributed by atoms with Crippen LogP contribution in [0.2, 0.25) is 0 Å². The summed E-state index contributed by atoms with van der Waals surface area (Å²) in [5, 5.41) is 30.2. The van der Waals surface area contributed by atoms with E-state index < -0.39 is 6.17 Å². The quantitative estimate of drug-likeness (QED) is 0.0916. The molecule has 0 aliphatic rings. The highest BCUT2D eigenvalue weighted by molar-refractivity contribution is 5.99. The third-order valence-corrected chi connectivity index (χ3v) is 5.39. The maximum absolute atomic E-state index is 9.15. The first kappa shape index (κ1) is 21.7. The molecule has 0 saturated heterocycles. The maximum Gasteiger partial charge on any atom is 0.170 e. The number of benzene rings is 2. The molecule has 0 bridgehead atoms. The fourth-order valence-electron chi connectivity index (χ4n) is 3.60. The van der Waals surface area contributed by atoms with Gasteiger partial charge in [-0.05, 0) is 48.2 Å². The molecule has 0 saturated carbocycles. The van der Waals surface area contributed by atoms with E-state index in [2.05, 4.69) is 39.2 Å². The Balaban J connectivity index is 1.72. The highest BCUT2D eigenvalue weighted by Gasteiger charge is 2.16. The number of imidazole rings is 1. The van der Waals surface area contributed by atoms with E-state index in [1.165, 1.54) is 0 Å². The first-order valence-electron chi connectivity index (χ1n) is 10.4. The number of oxime groups is 1. The summed E-state index contributed by atoms with van der Waals surface area (Å²) in [4.78, 5) is 6.41. The average molecular weight is 438 g/mol. The van der Waals surface area contributed by atoms with Gasteiger partial charge in [-0.3, -0.25) is 0 Å². The second-order valence-electron chi connectivity index (χ2n) is 8.14. The Bertz CT molecular complexity index is 1280. The van der Waals surface area contributed by atoms with E-state index in [0.717, 1.165) is 35.4 Å². The maximum atomic E-state index is 9.15. The van der Waals surface area contributed by atoms with E-state index in [-0.39, 0.29) is 5.84 Å². The first-order valence-corrected chi connectivity index (χ1v) is 10.4. The highest BCUT2D eigenvalue weighted by atomic mass is 16.5. The molecule has 11 heteroatoms. The summed E-state index contributed by atoms with van der Waals surface area (Å²) < 4.78 is 2.17. The standard InChI is InChI=1S/C21H27N9O2/c1-12(2)7-8-29-18-6-4-14(21(23)28-32)10-17(18)24-19(29)11-30-25-15-5-3-13(20(22)27-31)9-16(15)26-30/h3-6,9-10,12,21,28,31-32H,7-8,11,23H2,1-2H3,(H2,22,27). The summed E-state index contributed by atoms with van der Waals surface area (Å²) in [6.07, 6.45) is 0.307. The SMILES string of the molecule is CC(C)CCn1c(Cn2nc3ccc(/C(N)=N/O)cc3n2)nc2cc(C(N)NO)ccc21. The summed E-state index contributed by atoms with van der Waals surface area (Å²) in [6, 6.07) is 11.0. The molecule has 2 aromatic carbocycles. The number of amidine groups is 1. The third kappa shape index (κ3) is 4.26. The number of nitrogens with one attached hydrogen (secondary N) is 1. The van der Waals surface area contributed by atoms with E-state index in [1.54, 1.807) is 23.0 Å². The Morgan fingerprint density at radius 3 is 2.62 bits per heavy atom. The van der Waals surface area contributed by atoms with Crippen LogP contribution in [0.15, 0.2) is 41.6 Å². The lowest BCUT2D eigenvalue weighted by Gasteiger charge is -2.12. The van der Waals surface area contributed by atoms with Gasteiger partial charge in [-0.1, -0.05) is 25.1 Å². The van der Waals surface area contributed by atoms with Crippen LogP contribution in [-0.2, 0) is 13.1 Å². The van der Waals surface area contributed by atoms with Gasteiger partial charge >= 0.3 is 0 Å². The number of aromatic nitrogens is 5. The Morgan fingerprint density at radius 2 is 1.91 bits per heavy atom. The van der Waals surface area contributed by atoms with Gasteiger partial charge in [0.1, 0.15) is 29.6 Å². The predicted octanol–water partition coefficient (Wildman–Crippen LogP) is 1.91. The van der Waals surface area contributed by atoms with E-state index >= 15 is 0 Å². The van der Waals surface area contributed by atoms with Crippen LogP contribution < -0.4 is 16.9 Å². The number of rotatable bonds is 8. The van der Waals surface area contributed by atoms with Gasteiger partial charge in [0.05, 0.1) is 11.0 Å². The number of hydrogen-bond acceptors (Lipinski definition) is 8. The molecule has 1 atom stereocenters. The van der Waals surface area contributed by atoms with Crippen molar-refractivity contribution in [3.05, 3.63) is 53.3 Å². The Labute approximate surface area is 184 Å². The molecule has 0 aliphatic carbocycles. The van der Waals surface area contributed by atoms with Crippen LogP contribution in [0.5, 0.6) is 0 Å². The molecule has 0 fully saturated rings. The number of nitrogens with zero attached hydrogens (tertiary/aromatic N) is 6. The normalized spacial score (nSPS) is 13.5. The number of fused-ring (bicyclic) bond motifs is 2. The van der Waals surface area contributed by atoms with Crippen molar-refractivity contribution >= 4 is 27.9 Å². The van der Waals surface area contributed by atoms with Gasteiger partial charge in [0, 0.05) is 12.1 Å². The summed E-state index contributed by atoms with van der Waals surface area (Å²) in [5.41, 5.74) is 18.1. The summed E-state index contributed by atoms with van der Waals surface area (Å²) in [5.74, 6) is 1.37. The molecule has 4 rings (SSSR count). The number of aryl methyl sites for hydroxylation is 1. The van der Waals surface area contributed by atoms with Crippen LogP contribution in [0.1, 0.15) is 43.4 Å². The fourth-order valence-corrected chi connectivity index (χ4v) is 3.60. The molecule has 2 aromatic heterocycles. The molecule has 0 radical (unpaired) electrons. The molecular weight excluding hydrogens is 410 g/mol. The van der Waals surface area contributed by atoms with Crippen molar-refractivity contribution < 1.29 is 10.4 Å². The minimum atomic E-state index is -0.689. The molecule has 7 N–H and O–H groups in total. The number of hydroxylamine groups is 1. The molecule has 2 heterocycles. The molecular formula is C21H27N9O2. The van der Waals surface area contributed by atoms with Gasteiger partial charge in [-0.15, -0.1) is 0 Å². The monoisotopic (exact) mass is 437 g/mol.